The average molecular weight is 417 g/mol. The van der Waals surface area contributed by atoms with Gasteiger partial charge in [0.1, 0.15) is 5.69 Å². The number of amides is 1. The van der Waals surface area contributed by atoms with Crippen LogP contribution in [0.5, 0.6) is 0 Å². The molecule has 0 aliphatic heterocycles. The Bertz CT molecular complexity index is 1000. The van der Waals surface area contributed by atoms with Gasteiger partial charge >= 0.3 is 6.18 Å². The fourth-order valence-electron chi connectivity index (χ4n) is 2.47. The van der Waals surface area contributed by atoms with E-state index < -0.39 is 11.9 Å². The normalized spacial score (nSPS) is 11.3. The Balaban J connectivity index is 1.78. The number of aromatic nitrogens is 2. The van der Waals surface area contributed by atoms with Crippen LogP contribution in [0.3, 0.4) is 0 Å². The third-order valence-corrected chi connectivity index (χ3v) is 4.86. The van der Waals surface area contributed by atoms with E-state index in [9.17, 15) is 18.0 Å². The summed E-state index contributed by atoms with van der Waals surface area (Å²) < 4.78 is 39.8. The molecular formula is C21H18F3N3OS. The van der Waals surface area contributed by atoms with Crippen LogP contribution in [0.15, 0.2) is 59.8 Å². The minimum absolute atomic E-state index is 0.102. The van der Waals surface area contributed by atoms with Crippen LogP contribution in [0.4, 0.5) is 18.9 Å². The molecule has 0 aliphatic carbocycles. The molecule has 0 spiro atoms. The lowest BCUT2D eigenvalue weighted by Crippen LogP contribution is -2.15. The molecule has 1 amide bonds. The van der Waals surface area contributed by atoms with E-state index in [-0.39, 0.29) is 22.5 Å². The van der Waals surface area contributed by atoms with E-state index in [1.807, 2.05) is 26.0 Å². The number of halogens is 3. The molecule has 0 fully saturated rings. The van der Waals surface area contributed by atoms with Crippen LogP contribution in [0.25, 0.3) is 11.3 Å². The summed E-state index contributed by atoms with van der Waals surface area (Å²) in [5.41, 5.74) is 2.33. The van der Waals surface area contributed by atoms with Crippen molar-refractivity contribution in [2.45, 2.75) is 25.2 Å². The molecule has 0 saturated carbocycles. The molecule has 1 N–H and O–H groups in total. The molecule has 0 aliphatic rings. The largest absolute Gasteiger partial charge is 0.433 e. The number of carbonyl (C=O) groups is 1. The molecule has 0 unspecified atom stereocenters. The molecule has 0 atom stereocenters. The number of hydrogen-bond donors (Lipinski definition) is 1. The summed E-state index contributed by atoms with van der Waals surface area (Å²) in [5.74, 6) is -0.459. The van der Waals surface area contributed by atoms with Crippen molar-refractivity contribution in [2.24, 2.45) is 0 Å². The van der Waals surface area contributed by atoms with Crippen molar-refractivity contribution in [1.82, 2.24) is 9.97 Å². The molecule has 8 heteroatoms. The van der Waals surface area contributed by atoms with Gasteiger partial charge in [-0.25, -0.2) is 9.97 Å². The standard InChI is InChI=1S/C21H18F3N3OS/c1-13-3-7-15(8-4-13)17-11-18(21(22,23)24)27-20(26-17)29-12-19(28)25-16-9-5-14(2)6-10-16/h3-11H,12H2,1-2H3,(H,25,28). The van der Waals surface area contributed by atoms with E-state index in [1.165, 1.54) is 0 Å². The van der Waals surface area contributed by atoms with Gasteiger partial charge in [-0.2, -0.15) is 13.2 Å². The van der Waals surface area contributed by atoms with Crippen LogP contribution >= 0.6 is 11.8 Å². The SMILES string of the molecule is Cc1ccc(NC(=O)CSc2nc(-c3ccc(C)cc3)cc(C(F)(F)F)n2)cc1. The van der Waals surface area contributed by atoms with Gasteiger partial charge in [-0.15, -0.1) is 0 Å². The minimum atomic E-state index is -4.61. The number of alkyl halides is 3. The highest BCUT2D eigenvalue weighted by Gasteiger charge is 2.34. The first-order valence-corrected chi connectivity index (χ1v) is 9.72. The molecule has 1 heterocycles. The van der Waals surface area contributed by atoms with Gasteiger partial charge in [-0.3, -0.25) is 4.79 Å². The molecule has 3 aromatic rings. The van der Waals surface area contributed by atoms with Gasteiger partial charge < -0.3 is 5.32 Å². The Labute approximate surface area is 170 Å². The Kier molecular flexibility index (Phi) is 6.22. The van der Waals surface area contributed by atoms with Gasteiger partial charge in [0, 0.05) is 11.3 Å². The number of hydrogen-bond acceptors (Lipinski definition) is 4. The first-order valence-electron chi connectivity index (χ1n) is 8.73. The third kappa shape index (κ3) is 5.80. The quantitative estimate of drug-likeness (QED) is 0.439. The van der Waals surface area contributed by atoms with Gasteiger partial charge in [0.15, 0.2) is 5.16 Å². The van der Waals surface area contributed by atoms with E-state index in [2.05, 4.69) is 15.3 Å². The predicted molar refractivity (Wildman–Crippen MR) is 108 cm³/mol. The van der Waals surface area contributed by atoms with Crippen LogP contribution in [0, 0.1) is 13.8 Å². The van der Waals surface area contributed by atoms with Gasteiger partial charge in [-0.1, -0.05) is 59.3 Å². The van der Waals surface area contributed by atoms with Crippen molar-refractivity contribution in [2.75, 3.05) is 11.1 Å². The summed E-state index contributed by atoms with van der Waals surface area (Å²) in [4.78, 5) is 19.9. The Morgan fingerprint density at radius 3 is 2.14 bits per heavy atom. The van der Waals surface area contributed by atoms with Crippen LogP contribution < -0.4 is 5.32 Å². The lowest BCUT2D eigenvalue weighted by atomic mass is 10.1. The van der Waals surface area contributed by atoms with E-state index in [0.29, 0.717) is 11.3 Å². The number of thioether (sulfide) groups is 1. The number of carbonyl (C=O) groups excluding carboxylic acids is 1. The van der Waals surface area contributed by atoms with Crippen molar-refractivity contribution in [3.05, 3.63) is 71.4 Å². The van der Waals surface area contributed by atoms with Crippen molar-refractivity contribution in [1.29, 1.82) is 0 Å². The number of aryl methyl sites for hydroxylation is 2. The maximum Gasteiger partial charge on any atom is 0.433 e. The summed E-state index contributed by atoms with van der Waals surface area (Å²) in [7, 11) is 0. The van der Waals surface area contributed by atoms with Gasteiger partial charge in [-0.05, 0) is 32.0 Å². The molecule has 2 aromatic carbocycles. The van der Waals surface area contributed by atoms with E-state index in [1.54, 1.807) is 36.4 Å². The van der Waals surface area contributed by atoms with Crippen molar-refractivity contribution >= 4 is 23.4 Å². The Hall–Kier alpha value is -2.87. The van der Waals surface area contributed by atoms with Gasteiger partial charge in [0.2, 0.25) is 5.91 Å². The second-order valence-corrected chi connectivity index (χ2v) is 7.43. The molecule has 3 rings (SSSR count). The molecular weight excluding hydrogens is 399 g/mol. The first-order chi connectivity index (χ1) is 13.7. The van der Waals surface area contributed by atoms with Crippen LogP contribution in [0.1, 0.15) is 16.8 Å². The average Bonchev–Trinajstić information content (AvgIpc) is 2.68. The molecule has 150 valence electrons. The number of nitrogens with zero attached hydrogens (tertiary/aromatic N) is 2. The van der Waals surface area contributed by atoms with Crippen molar-refractivity contribution in [3.63, 3.8) is 0 Å². The number of nitrogens with one attached hydrogen (secondary N) is 1. The second kappa shape index (κ2) is 8.65. The second-order valence-electron chi connectivity index (χ2n) is 6.49. The highest BCUT2D eigenvalue weighted by molar-refractivity contribution is 7.99. The highest BCUT2D eigenvalue weighted by Crippen LogP contribution is 2.32. The maximum atomic E-state index is 13.3. The molecule has 0 bridgehead atoms. The fourth-order valence-corrected chi connectivity index (χ4v) is 3.13. The van der Waals surface area contributed by atoms with E-state index in [0.717, 1.165) is 29.0 Å². The fraction of sp³-hybridized carbons (Fsp3) is 0.190. The smallest absolute Gasteiger partial charge is 0.325 e. The van der Waals surface area contributed by atoms with E-state index in [4.69, 9.17) is 0 Å². The van der Waals surface area contributed by atoms with Gasteiger partial charge in [0.05, 0.1) is 11.4 Å². The summed E-state index contributed by atoms with van der Waals surface area (Å²) in [5, 5.41) is 2.60. The highest BCUT2D eigenvalue weighted by atomic mass is 32.2. The molecule has 0 radical (unpaired) electrons. The molecule has 0 saturated heterocycles. The van der Waals surface area contributed by atoms with E-state index >= 15 is 0 Å². The molecule has 29 heavy (non-hydrogen) atoms. The lowest BCUT2D eigenvalue weighted by Gasteiger charge is -2.11. The van der Waals surface area contributed by atoms with Gasteiger partial charge in [0.25, 0.3) is 0 Å². The topological polar surface area (TPSA) is 54.9 Å². The van der Waals surface area contributed by atoms with Crippen LogP contribution in [-0.2, 0) is 11.0 Å². The van der Waals surface area contributed by atoms with Crippen LogP contribution in [0.2, 0.25) is 0 Å². The predicted octanol–water partition coefficient (Wildman–Crippen LogP) is 5.51. The zero-order valence-corrected chi connectivity index (χ0v) is 16.6. The lowest BCUT2D eigenvalue weighted by molar-refractivity contribution is -0.141. The van der Waals surface area contributed by atoms with Crippen molar-refractivity contribution in [3.8, 4) is 11.3 Å². The number of rotatable bonds is 5. The Morgan fingerprint density at radius 2 is 1.55 bits per heavy atom. The number of benzene rings is 2. The molecule has 1 aromatic heterocycles. The number of anilines is 1. The summed E-state index contributed by atoms with van der Waals surface area (Å²) >= 11 is 0.859. The summed E-state index contributed by atoms with van der Waals surface area (Å²) in [6, 6.07) is 15.1. The summed E-state index contributed by atoms with van der Waals surface area (Å²) in [6.07, 6.45) is -4.61. The zero-order valence-electron chi connectivity index (χ0n) is 15.7. The first kappa shape index (κ1) is 20.9. The summed E-state index contributed by atoms with van der Waals surface area (Å²) in [6.45, 7) is 3.82. The minimum Gasteiger partial charge on any atom is -0.325 e. The van der Waals surface area contributed by atoms with Crippen molar-refractivity contribution < 1.29 is 18.0 Å². The Morgan fingerprint density at radius 1 is 0.966 bits per heavy atom. The zero-order chi connectivity index (χ0) is 21.0. The maximum absolute atomic E-state index is 13.3. The monoisotopic (exact) mass is 417 g/mol. The third-order valence-electron chi connectivity index (χ3n) is 4.01. The van der Waals surface area contributed by atoms with Crippen LogP contribution in [-0.4, -0.2) is 21.6 Å². The molecule has 4 nitrogen and oxygen atoms in total.